The Bertz CT molecular complexity index is 1070. The maximum Gasteiger partial charge on any atom is 0.346 e. The number of rotatable bonds is 4. The average Bonchev–Trinajstić information content (AvgIpc) is 3.07. The third-order valence-electron chi connectivity index (χ3n) is 4.73. The van der Waals surface area contributed by atoms with Gasteiger partial charge in [0.1, 0.15) is 16.4 Å². The monoisotopic (exact) mass is 397 g/mol. The van der Waals surface area contributed by atoms with Crippen LogP contribution in [0.15, 0.2) is 48.5 Å². The highest BCUT2D eigenvalue weighted by Gasteiger charge is 2.34. The molecule has 0 fully saturated rings. The minimum Gasteiger partial charge on any atom is -0.497 e. The fourth-order valence-corrected chi connectivity index (χ4v) is 4.71. The molecule has 7 heteroatoms. The number of benzene rings is 2. The second kappa shape index (κ2) is 7.09. The number of ether oxygens (including phenoxy) is 1. The van der Waals surface area contributed by atoms with E-state index in [0.717, 1.165) is 11.3 Å². The molecule has 0 saturated carbocycles. The molecule has 1 amide bonds. The van der Waals surface area contributed by atoms with Gasteiger partial charge >= 0.3 is 5.97 Å². The predicted molar refractivity (Wildman–Crippen MR) is 105 cm³/mol. The molecule has 0 radical (unpaired) electrons. The van der Waals surface area contributed by atoms with Gasteiger partial charge in [-0.3, -0.25) is 4.79 Å². The van der Waals surface area contributed by atoms with Crippen LogP contribution in [0.4, 0.5) is 10.1 Å². The largest absolute Gasteiger partial charge is 0.497 e. The molecular weight excluding hydrogens is 381 g/mol. The van der Waals surface area contributed by atoms with Crippen LogP contribution in [0, 0.1) is 5.82 Å². The molecule has 1 aliphatic heterocycles. The first kappa shape index (κ1) is 18.2. The Labute approximate surface area is 164 Å². The first-order chi connectivity index (χ1) is 13.5. The van der Waals surface area contributed by atoms with Gasteiger partial charge in [-0.1, -0.05) is 24.3 Å². The summed E-state index contributed by atoms with van der Waals surface area (Å²) >= 11 is 1.12. The van der Waals surface area contributed by atoms with Crippen LogP contribution in [-0.4, -0.2) is 24.1 Å². The van der Waals surface area contributed by atoms with Crippen molar-refractivity contribution in [3.63, 3.8) is 0 Å². The Balaban J connectivity index is 1.91. The molecule has 2 aromatic carbocycles. The van der Waals surface area contributed by atoms with Gasteiger partial charge in [0.15, 0.2) is 0 Å². The van der Waals surface area contributed by atoms with Crippen molar-refractivity contribution in [3.8, 4) is 16.9 Å². The van der Waals surface area contributed by atoms with Gasteiger partial charge in [-0.15, -0.1) is 11.3 Å². The average molecular weight is 397 g/mol. The molecule has 0 spiro atoms. The molecular formula is C21H16FNO4S. The minimum absolute atomic E-state index is 0.137. The lowest BCUT2D eigenvalue weighted by atomic mass is 9.88. The fourth-order valence-electron chi connectivity index (χ4n) is 3.46. The van der Waals surface area contributed by atoms with Crippen LogP contribution in [-0.2, 0) is 4.79 Å². The molecule has 1 atom stereocenters. The van der Waals surface area contributed by atoms with Gasteiger partial charge in [0.05, 0.1) is 12.8 Å². The number of carboxylic acids is 1. The Morgan fingerprint density at radius 1 is 1.25 bits per heavy atom. The number of carbonyl (C=O) groups excluding carboxylic acids is 1. The maximum atomic E-state index is 13.7. The van der Waals surface area contributed by atoms with Crippen molar-refractivity contribution < 1.29 is 23.8 Å². The van der Waals surface area contributed by atoms with Gasteiger partial charge in [-0.2, -0.15) is 0 Å². The topological polar surface area (TPSA) is 75.6 Å². The standard InChI is InChI=1S/C21H16FNO4S/c1-27-14-7-5-11(6-8-14)17-18-19(28-20(17)21(25)26)15(10-16(24)23-18)12-3-2-4-13(22)9-12/h2-9,15H,10H2,1H3,(H,23,24)(H,25,26)/t15-/m1/s1. The molecule has 0 unspecified atom stereocenters. The van der Waals surface area contributed by atoms with E-state index in [0.29, 0.717) is 33.0 Å². The minimum atomic E-state index is -1.07. The zero-order chi connectivity index (χ0) is 19.8. The summed E-state index contributed by atoms with van der Waals surface area (Å²) in [4.78, 5) is 25.2. The van der Waals surface area contributed by atoms with E-state index in [2.05, 4.69) is 5.32 Å². The number of aromatic carboxylic acids is 1. The predicted octanol–water partition coefficient (Wildman–Crippen LogP) is 4.74. The molecule has 1 aliphatic rings. The number of carbonyl (C=O) groups is 2. The van der Waals surface area contributed by atoms with Crippen LogP contribution in [0.1, 0.15) is 32.5 Å². The Kier molecular flexibility index (Phi) is 4.60. The van der Waals surface area contributed by atoms with Gasteiger partial charge in [-0.25, -0.2) is 9.18 Å². The van der Waals surface area contributed by atoms with Crippen molar-refractivity contribution in [1.82, 2.24) is 0 Å². The third-order valence-corrected chi connectivity index (χ3v) is 6.02. The number of methoxy groups -OCH3 is 1. The number of hydrogen-bond donors (Lipinski definition) is 2. The number of thiophene rings is 1. The third kappa shape index (κ3) is 3.14. The lowest BCUT2D eigenvalue weighted by Crippen LogP contribution is -2.22. The van der Waals surface area contributed by atoms with Gasteiger partial charge in [0.2, 0.25) is 5.91 Å². The highest BCUT2D eigenvalue weighted by molar-refractivity contribution is 7.15. The van der Waals surface area contributed by atoms with Crippen molar-refractivity contribution in [1.29, 1.82) is 0 Å². The molecule has 142 valence electrons. The lowest BCUT2D eigenvalue weighted by Gasteiger charge is -2.24. The highest BCUT2D eigenvalue weighted by atomic mass is 32.1. The van der Waals surface area contributed by atoms with Gasteiger partial charge < -0.3 is 15.2 Å². The summed E-state index contributed by atoms with van der Waals surface area (Å²) in [6.07, 6.45) is 0.137. The van der Waals surface area contributed by atoms with Crippen molar-refractivity contribution >= 4 is 28.9 Å². The van der Waals surface area contributed by atoms with Crippen molar-refractivity contribution in [3.05, 3.63) is 69.7 Å². The molecule has 0 saturated heterocycles. The zero-order valence-corrected chi connectivity index (χ0v) is 15.7. The summed E-state index contributed by atoms with van der Waals surface area (Å²) in [5, 5.41) is 12.6. The van der Waals surface area contributed by atoms with E-state index in [-0.39, 0.29) is 17.2 Å². The number of carboxylic acid groups (broad SMARTS) is 1. The van der Waals surface area contributed by atoms with E-state index in [9.17, 15) is 19.1 Å². The summed E-state index contributed by atoms with van der Waals surface area (Å²) in [6, 6.07) is 13.1. The summed E-state index contributed by atoms with van der Waals surface area (Å²) in [7, 11) is 1.55. The van der Waals surface area contributed by atoms with Crippen molar-refractivity contribution in [2.75, 3.05) is 12.4 Å². The van der Waals surface area contributed by atoms with E-state index in [1.807, 2.05) is 0 Å². The summed E-state index contributed by atoms with van der Waals surface area (Å²) in [5.41, 5.74) is 2.26. The van der Waals surface area contributed by atoms with Crippen LogP contribution >= 0.6 is 11.3 Å². The number of hydrogen-bond acceptors (Lipinski definition) is 4. The lowest BCUT2D eigenvalue weighted by molar-refractivity contribution is -0.116. The highest BCUT2D eigenvalue weighted by Crippen LogP contribution is 2.49. The number of anilines is 1. The molecule has 4 rings (SSSR count). The molecule has 1 aromatic heterocycles. The van der Waals surface area contributed by atoms with Gasteiger partial charge in [0.25, 0.3) is 0 Å². The summed E-state index contributed by atoms with van der Waals surface area (Å²) < 4.78 is 18.9. The number of fused-ring (bicyclic) bond motifs is 1. The smallest absolute Gasteiger partial charge is 0.346 e. The Morgan fingerprint density at radius 2 is 2.00 bits per heavy atom. The normalized spacial score (nSPS) is 15.6. The zero-order valence-electron chi connectivity index (χ0n) is 14.9. The Hall–Kier alpha value is -3.19. The van der Waals surface area contributed by atoms with Crippen LogP contribution in [0.25, 0.3) is 11.1 Å². The van der Waals surface area contributed by atoms with E-state index in [4.69, 9.17) is 4.74 Å². The van der Waals surface area contributed by atoms with E-state index in [1.54, 1.807) is 43.5 Å². The maximum absolute atomic E-state index is 13.7. The summed E-state index contributed by atoms with van der Waals surface area (Å²) in [6.45, 7) is 0. The van der Waals surface area contributed by atoms with Crippen LogP contribution in [0.5, 0.6) is 5.75 Å². The van der Waals surface area contributed by atoms with E-state index < -0.39 is 17.7 Å². The molecule has 2 N–H and O–H groups in total. The van der Waals surface area contributed by atoms with Gasteiger partial charge in [-0.05, 0) is 35.4 Å². The van der Waals surface area contributed by atoms with Crippen LogP contribution < -0.4 is 10.1 Å². The molecule has 0 bridgehead atoms. The van der Waals surface area contributed by atoms with E-state index in [1.165, 1.54) is 12.1 Å². The first-order valence-electron chi connectivity index (χ1n) is 8.57. The fraction of sp³-hybridized carbons (Fsp3) is 0.143. The number of halogens is 1. The number of nitrogens with one attached hydrogen (secondary N) is 1. The number of amides is 1. The van der Waals surface area contributed by atoms with Crippen LogP contribution in [0.2, 0.25) is 0 Å². The molecule has 3 aromatic rings. The SMILES string of the molecule is COc1ccc(-c2c(C(=O)O)sc3c2NC(=O)C[C@@H]3c2cccc(F)c2)cc1. The molecule has 0 aliphatic carbocycles. The molecule has 5 nitrogen and oxygen atoms in total. The van der Waals surface area contributed by atoms with E-state index >= 15 is 0 Å². The molecule has 2 heterocycles. The quantitative estimate of drug-likeness (QED) is 0.667. The van der Waals surface area contributed by atoms with Crippen LogP contribution in [0.3, 0.4) is 0 Å². The second-order valence-corrected chi connectivity index (χ2v) is 7.49. The van der Waals surface area contributed by atoms with Gasteiger partial charge in [0, 0.05) is 22.8 Å². The first-order valence-corrected chi connectivity index (χ1v) is 9.39. The summed E-state index contributed by atoms with van der Waals surface area (Å²) in [5.74, 6) is -1.44. The Morgan fingerprint density at radius 3 is 2.64 bits per heavy atom. The van der Waals surface area contributed by atoms with Crippen molar-refractivity contribution in [2.45, 2.75) is 12.3 Å². The van der Waals surface area contributed by atoms with Crippen molar-refractivity contribution in [2.24, 2.45) is 0 Å². The second-order valence-electron chi connectivity index (χ2n) is 6.44. The molecule has 28 heavy (non-hydrogen) atoms.